The van der Waals surface area contributed by atoms with E-state index in [-0.39, 0.29) is 11.7 Å². The highest BCUT2D eigenvalue weighted by atomic mass is 32.2. The van der Waals surface area contributed by atoms with E-state index in [9.17, 15) is 4.79 Å². The number of hydrogen-bond acceptors (Lipinski definition) is 2. The van der Waals surface area contributed by atoms with Gasteiger partial charge in [-0.1, -0.05) is 26.0 Å². The third-order valence-corrected chi connectivity index (χ3v) is 3.14. The summed E-state index contributed by atoms with van der Waals surface area (Å²) in [5.41, 5.74) is 0.839. The number of Topliss-reactive ketones (excluding diaryl/α,β-unsaturated/α-hetero) is 1. The third-order valence-electron chi connectivity index (χ3n) is 2.41. The number of thioether (sulfide) groups is 1. The lowest BCUT2D eigenvalue weighted by molar-refractivity contribution is 0.0927. The van der Waals surface area contributed by atoms with E-state index < -0.39 is 0 Å². The van der Waals surface area contributed by atoms with Gasteiger partial charge in [-0.3, -0.25) is 4.79 Å². The molecule has 0 N–H and O–H groups in total. The molecule has 0 saturated heterocycles. The van der Waals surface area contributed by atoms with Crippen LogP contribution in [0.5, 0.6) is 0 Å². The van der Waals surface area contributed by atoms with Crippen molar-refractivity contribution < 1.29 is 4.79 Å². The molecule has 14 heavy (non-hydrogen) atoms. The van der Waals surface area contributed by atoms with E-state index in [0.717, 1.165) is 16.9 Å². The van der Waals surface area contributed by atoms with Crippen LogP contribution in [0.1, 0.15) is 30.6 Å². The van der Waals surface area contributed by atoms with Crippen LogP contribution in [0.2, 0.25) is 0 Å². The molecule has 0 aliphatic heterocycles. The highest BCUT2D eigenvalue weighted by Crippen LogP contribution is 2.18. The van der Waals surface area contributed by atoms with Crippen molar-refractivity contribution >= 4 is 17.5 Å². The summed E-state index contributed by atoms with van der Waals surface area (Å²) in [6, 6.07) is 7.84. The predicted molar refractivity (Wildman–Crippen MR) is 62.0 cm³/mol. The number of hydrogen-bond donors (Lipinski definition) is 0. The summed E-state index contributed by atoms with van der Waals surface area (Å²) in [6.45, 7) is 4.02. The van der Waals surface area contributed by atoms with E-state index in [2.05, 4.69) is 0 Å². The minimum atomic E-state index is 0.132. The molecule has 0 bridgehead atoms. The Bertz CT molecular complexity index is 320. The van der Waals surface area contributed by atoms with Crippen LogP contribution in [0.25, 0.3) is 0 Å². The average molecular weight is 208 g/mol. The highest BCUT2D eigenvalue weighted by molar-refractivity contribution is 7.98. The molecule has 1 aromatic rings. The van der Waals surface area contributed by atoms with Crippen LogP contribution in [0, 0.1) is 5.92 Å². The average Bonchev–Trinajstić information content (AvgIpc) is 2.27. The quantitative estimate of drug-likeness (QED) is 0.555. The van der Waals surface area contributed by atoms with Crippen molar-refractivity contribution in [3.8, 4) is 0 Å². The molecule has 0 heterocycles. The Morgan fingerprint density at radius 3 is 2.79 bits per heavy atom. The van der Waals surface area contributed by atoms with E-state index in [0.29, 0.717) is 0 Å². The summed E-state index contributed by atoms with van der Waals surface area (Å²) < 4.78 is 0. The fourth-order valence-electron chi connectivity index (χ4n) is 1.25. The SMILES string of the molecule is CCC(C)C(=O)c1cccc(SC)c1. The number of rotatable bonds is 4. The summed E-state index contributed by atoms with van der Waals surface area (Å²) in [5.74, 6) is 0.385. The molecule has 0 aromatic heterocycles. The largest absolute Gasteiger partial charge is 0.294 e. The molecule has 0 fully saturated rings. The molecule has 0 aliphatic rings. The molecule has 1 rings (SSSR count). The monoisotopic (exact) mass is 208 g/mol. The molecule has 1 atom stereocenters. The molecule has 76 valence electrons. The van der Waals surface area contributed by atoms with Gasteiger partial charge in [0.1, 0.15) is 0 Å². The zero-order valence-electron chi connectivity index (χ0n) is 8.91. The first-order valence-corrected chi connectivity index (χ1v) is 6.09. The topological polar surface area (TPSA) is 17.1 Å². The molecule has 1 aromatic carbocycles. The summed E-state index contributed by atoms with van der Waals surface area (Å²) >= 11 is 1.67. The van der Waals surface area contributed by atoms with Gasteiger partial charge in [-0.25, -0.2) is 0 Å². The molecular weight excluding hydrogens is 192 g/mol. The normalized spacial score (nSPS) is 12.5. The maximum absolute atomic E-state index is 11.8. The fourth-order valence-corrected chi connectivity index (χ4v) is 1.71. The Morgan fingerprint density at radius 2 is 2.21 bits per heavy atom. The first-order valence-electron chi connectivity index (χ1n) is 4.87. The molecule has 0 saturated carbocycles. The third kappa shape index (κ3) is 2.61. The second kappa shape index (κ2) is 5.20. The zero-order valence-corrected chi connectivity index (χ0v) is 9.73. The predicted octanol–water partition coefficient (Wildman–Crippen LogP) is 3.64. The van der Waals surface area contributed by atoms with Crippen LogP contribution >= 0.6 is 11.8 Å². The summed E-state index contributed by atoms with van der Waals surface area (Å²) in [7, 11) is 0. The van der Waals surface area contributed by atoms with Gasteiger partial charge in [0.05, 0.1) is 0 Å². The van der Waals surface area contributed by atoms with Crippen molar-refractivity contribution in [2.45, 2.75) is 25.2 Å². The molecular formula is C12H16OS. The van der Waals surface area contributed by atoms with Gasteiger partial charge < -0.3 is 0 Å². The number of ketones is 1. The van der Waals surface area contributed by atoms with Crippen LogP contribution in [0.15, 0.2) is 29.2 Å². The molecule has 0 spiro atoms. The number of benzene rings is 1. The maximum atomic E-state index is 11.8. The second-order valence-electron chi connectivity index (χ2n) is 3.41. The van der Waals surface area contributed by atoms with Crippen molar-refractivity contribution in [1.82, 2.24) is 0 Å². The van der Waals surface area contributed by atoms with Crippen molar-refractivity contribution in [2.24, 2.45) is 5.92 Å². The fraction of sp³-hybridized carbons (Fsp3) is 0.417. The van der Waals surface area contributed by atoms with E-state index in [1.807, 2.05) is 44.4 Å². The van der Waals surface area contributed by atoms with Crippen molar-refractivity contribution in [3.63, 3.8) is 0 Å². The Labute approximate surface area is 89.9 Å². The van der Waals surface area contributed by atoms with E-state index in [1.54, 1.807) is 11.8 Å². The molecule has 2 heteroatoms. The van der Waals surface area contributed by atoms with Crippen molar-refractivity contribution in [3.05, 3.63) is 29.8 Å². The minimum absolute atomic E-state index is 0.132. The van der Waals surface area contributed by atoms with Crippen molar-refractivity contribution in [1.29, 1.82) is 0 Å². The van der Waals surface area contributed by atoms with Gasteiger partial charge in [0.15, 0.2) is 5.78 Å². The summed E-state index contributed by atoms with van der Waals surface area (Å²) in [5, 5.41) is 0. The molecule has 0 radical (unpaired) electrons. The van der Waals surface area contributed by atoms with Crippen LogP contribution in [0.3, 0.4) is 0 Å². The lowest BCUT2D eigenvalue weighted by Gasteiger charge is -2.07. The number of carbonyl (C=O) groups is 1. The Kier molecular flexibility index (Phi) is 4.21. The Balaban J connectivity index is 2.90. The Hall–Kier alpha value is -0.760. The second-order valence-corrected chi connectivity index (χ2v) is 4.29. The van der Waals surface area contributed by atoms with Gasteiger partial charge in [0.25, 0.3) is 0 Å². The van der Waals surface area contributed by atoms with E-state index >= 15 is 0 Å². The van der Waals surface area contributed by atoms with Gasteiger partial charge in [-0.15, -0.1) is 11.8 Å². The van der Waals surface area contributed by atoms with Crippen molar-refractivity contribution in [2.75, 3.05) is 6.26 Å². The Morgan fingerprint density at radius 1 is 1.50 bits per heavy atom. The van der Waals surface area contributed by atoms with Crippen LogP contribution in [-0.2, 0) is 0 Å². The lowest BCUT2D eigenvalue weighted by Crippen LogP contribution is -2.09. The van der Waals surface area contributed by atoms with Crippen LogP contribution in [-0.4, -0.2) is 12.0 Å². The van der Waals surface area contributed by atoms with E-state index in [1.165, 1.54) is 0 Å². The first kappa shape index (κ1) is 11.3. The molecule has 0 aliphatic carbocycles. The van der Waals surface area contributed by atoms with Gasteiger partial charge in [-0.2, -0.15) is 0 Å². The standard InChI is InChI=1S/C12H16OS/c1-4-9(2)12(13)10-6-5-7-11(8-10)14-3/h5-9H,4H2,1-3H3. The highest BCUT2D eigenvalue weighted by Gasteiger charge is 2.12. The van der Waals surface area contributed by atoms with Gasteiger partial charge in [-0.05, 0) is 24.8 Å². The smallest absolute Gasteiger partial charge is 0.165 e. The van der Waals surface area contributed by atoms with Gasteiger partial charge >= 0.3 is 0 Å². The number of carbonyl (C=O) groups excluding carboxylic acids is 1. The molecule has 1 unspecified atom stereocenters. The van der Waals surface area contributed by atoms with Crippen LogP contribution in [0.4, 0.5) is 0 Å². The van der Waals surface area contributed by atoms with Gasteiger partial charge in [0, 0.05) is 16.4 Å². The lowest BCUT2D eigenvalue weighted by atomic mass is 9.97. The van der Waals surface area contributed by atoms with E-state index in [4.69, 9.17) is 0 Å². The minimum Gasteiger partial charge on any atom is -0.294 e. The summed E-state index contributed by atoms with van der Waals surface area (Å²) in [6.07, 6.45) is 2.93. The van der Waals surface area contributed by atoms with Crippen LogP contribution < -0.4 is 0 Å². The zero-order chi connectivity index (χ0) is 10.6. The van der Waals surface area contributed by atoms with Gasteiger partial charge in [0.2, 0.25) is 0 Å². The molecule has 0 amide bonds. The maximum Gasteiger partial charge on any atom is 0.165 e. The first-order chi connectivity index (χ1) is 6.69. The molecule has 1 nitrogen and oxygen atoms in total. The summed E-state index contributed by atoms with van der Waals surface area (Å²) in [4.78, 5) is 13.0.